The van der Waals surface area contributed by atoms with Crippen molar-refractivity contribution in [2.24, 2.45) is 0 Å². The van der Waals surface area contributed by atoms with Gasteiger partial charge < -0.3 is 33.7 Å². The molecule has 1 aliphatic heterocycles. The lowest BCUT2D eigenvalue weighted by Gasteiger charge is -2.17. The van der Waals surface area contributed by atoms with Crippen molar-refractivity contribution in [3.05, 3.63) is 53.7 Å². The number of hydrogen-bond donors (Lipinski definition) is 1. The van der Waals surface area contributed by atoms with Crippen LogP contribution < -0.4 is 24.3 Å². The molecule has 198 valence electrons. The van der Waals surface area contributed by atoms with Crippen molar-refractivity contribution >= 4 is 11.6 Å². The molecule has 3 heterocycles. The Balaban J connectivity index is 1.33. The molecule has 0 aliphatic carbocycles. The van der Waals surface area contributed by atoms with Crippen LogP contribution in [0.2, 0.25) is 0 Å². The van der Waals surface area contributed by atoms with E-state index in [0.29, 0.717) is 59.8 Å². The van der Waals surface area contributed by atoms with E-state index in [1.54, 1.807) is 18.3 Å². The van der Waals surface area contributed by atoms with Crippen molar-refractivity contribution in [3.8, 4) is 23.1 Å². The highest BCUT2D eigenvalue weighted by atomic mass is 19.1. The fourth-order valence-corrected chi connectivity index (χ4v) is 3.87. The van der Waals surface area contributed by atoms with Gasteiger partial charge in [-0.15, -0.1) is 0 Å². The highest BCUT2D eigenvalue weighted by Crippen LogP contribution is 2.33. The van der Waals surface area contributed by atoms with E-state index in [4.69, 9.17) is 28.4 Å². The Kier molecular flexibility index (Phi) is 8.24. The van der Waals surface area contributed by atoms with Gasteiger partial charge in [0.2, 0.25) is 11.8 Å². The Labute approximate surface area is 215 Å². The summed E-state index contributed by atoms with van der Waals surface area (Å²) in [5.74, 6) is 0.779. The smallest absolute Gasteiger partial charge is 0.227 e. The van der Waals surface area contributed by atoms with Crippen LogP contribution in [-0.4, -0.2) is 54.3 Å². The Morgan fingerprint density at radius 3 is 2.38 bits per heavy atom. The molecule has 0 bridgehead atoms. The van der Waals surface area contributed by atoms with Gasteiger partial charge in [-0.25, -0.2) is 19.3 Å². The van der Waals surface area contributed by atoms with Gasteiger partial charge in [0.15, 0.2) is 23.1 Å². The molecular weight excluding hydrogens is 483 g/mol. The van der Waals surface area contributed by atoms with E-state index < -0.39 is 11.6 Å². The standard InChI is InChI=1S/C26H31FN4O6/c1-6-19-20(24(27)22(33-5)9-21(19)32-4)15-34-17-11-29-25(30-12-17)31-16-7-8-23(28-10-16)35-13-18-14-36-26(2,3)37-18/h7-12,18H,6,13-15H2,1-5H3,(H,29,30,31)/t18-/m1/s1. The van der Waals surface area contributed by atoms with Crippen LogP contribution in [0.15, 0.2) is 36.8 Å². The molecule has 0 saturated carbocycles. The summed E-state index contributed by atoms with van der Waals surface area (Å²) >= 11 is 0. The second-order valence-corrected chi connectivity index (χ2v) is 8.71. The van der Waals surface area contributed by atoms with Gasteiger partial charge in [-0.3, -0.25) is 0 Å². The number of aromatic nitrogens is 3. The topological polar surface area (TPSA) is 106 Å². The molecule has 1 aliphatic rings. The molecule has 3 aromatic rings. The highest BCUT2D eigenvalue weighted by Gasteiger charge is 2.33. The molecule has 1 saturated heterocycles. The van der Waals surface area contributed by atoms with Crippen molar-refractivity contribution in [1.29, 1.82) is 0 Å². The van der Waals surface area contributed by atoms with E-state index in [9.17, 15) is 4.39 Å². The van der Waals surface area contributed by atoms with E-state index in [-0.39, 0.29) is 18.5 Å². The number of ether oxygens (including phenoxy) is 6. The third kappa shape index (κ3) is 6.55. The Morgan fingerprint density at radius 1 is 1.03 bits per heavy atom. The summed E-state index contributed by atoms with van der Waals surface area (Å²) in [5, 5.41) is 3.06. The van der Waals surface area contributed by atoms with Crippen molar-refractivity contribution in [1.82, 2.24) is 15.0 Å². The molecule has 0 spiro atoms. The van der Waals surface area contributed by atoms with Crippen LogP contribution in [0.3, 0.4) is 0 Å². The number of methoxy groups -OCH3 is 2. The Bertz CT molecular complexity index is 1190. The van der Waals surface area contributed by atoms with Gasteiger partial charge in [-0.05, 0) is 26.3 Å². The van der Waals surface area contributed by atoms with Crippen LogP contribution in [-0.2, 0) is 22.5 Å². The van der Waals surface area contributed by atoms with Gasteiger partial charge in [-0.1, -0.05) is 6.92 Å². The number of nitrogens with one attached hydrogen (secondary N) is 1. The lowest BCUT2D eigenvalue weighted by molar-refractivity contribution is -0.141. The zero-order valence-corrected chi connectivity index (χ0v) is 21.5. The second kappa shape index (κ2) is 11.6. The molecule has 0 unspecified atom stereocenters. The first-order valence-corrected chi connectivity index (χ1v) is 11.9. The molecule has 11 heteroatoms. The summed E-state index contributed by atoms with van der Waals surface area (Å²) in [7, 11) is 2.94. The average Bonchev–Trinajstić information content (AvgIpc) is 3.26. The van der Waals surface area contributed by atoms with Gasteiger partial charge in [0.25, 0.3) is 0 Å². The maximum atomic E-state index is 14.9. The minimum Gasteiger partial charge on any atom is -0.496 e. The SMILES string of the molecule is CCc1c(OC)cc(OC)c(F)c1COc1cnc(Nc2ccc(OC[C@@H]3COC(C)(C)O3)nc2)nc1. The van der Waals surface area contributed by atoms with E-state index in [2.05, 4.69) is 20.3 Å². The molecule has 1 aromatic carbocycles. The summed E-state index contributed by atoms with van der Waals surface area (Å²) in [4.78, 5) is 12.8. The first-order chi connectivity index (χ1) is 17.8. The summed E-state index contributed by atoms with van der Waals surface area (Å²) < 4.78 is 48.1. The maximum absolute atomic E-state index is 14.9. The van der Waals surface area contributed by atoms with E-state index in [1.165, 1.54) is 32.7 Å². The van der Waals surface area contributed by atoms with E-state index in [1.807, 2.05) is 20.8 Å². The molecule has 1 atom stereocenters. The third-order valence-corrected chi connectivity index (χ3v) is 5.69. The molecule has 2 aromatic heterocycles. The zero-order valence-electron chi connectivity index (χ0n) is 21.5. The van der Waals surface area contributed by atoms with Crippen LogP contribution in [0.5, 0.6) is 23.1 Å². The number of anilines is 2. The maximum Gasteiger partial charge on any atom is 0.227 e. The Hall–Kier alpha value is -3.70. The summed E-state index contributed by atoms with van der Waals surface area (Å²) in [6.45, 7) is 6.45. The molecule has 0 amide bonds. The normalized spacial score (nSPS) is 16.3. The number of rotatable bonds is 11. The van der Waals surface area contributed by atoms with Crippen molar-refractivity contribution < 1.29 is 32.8 Å². The average molecular weight is 515 g/mol. The van der Waals surface area contributed by atoms with Gasteiger partial charge in [0.05, 0.1) is 45.1 Å². The number of nitrogens with zero attached hydrogens (tertiary/aromatic N) is 3. The highest BCUT2D eigenvalue weighted by molar-refractivity contribution is 5.52. The van der Waals surface area contributed by atoms with Crippen molar-refractivity contribution in [2.75, 3.05) is 32.8 Å². The summed E-state index contributed by atoms with van der Waals surface area (Å²) in [5.41, 5.74) is 1.76. The molecular formula is C26H31FN4O6. The van der Waals surface area contributed by atoms with Crippen LogP contribution in [0.1, 0.15) is 31.9 Å². The summed E-state index contributed by atoms with van der Waals surface area (Å²) in [6, 6.07) is 5.08. The van der Waals surface area contributed by atoms with Crippen LogP contribution >= 0.6 is 0 Å². The van der Waals surface area contributed by atoms with Crippen LogP contribution in [0, 0.1) is 5.82 Å². The fraction of sp³-hybridized carbons (Fsp3) is 0.423. The molecule has 4 rings (SSSR count). The minimum atomic E-state index is -0.590. The monoisotopic (exact) mass is 514 g/mol. The summed E-state index contributed by atoms with van der Waals surface area (Å²) in [6.07, 6.45) is 5.06. The number of hydrogen-bond acceptors (Lipinski definition) is 10. The van der Waals surface area contributed by atoms with Crippen LogP contribution in [0.4, 0.5) is 16.0 Å². The molecule has 1 fully saturated rings. The van der Waals surface area contributed by atoms with Gasteiger partial charge >= 0.3 is 0 Å². The largest absolute Gasteiger partial charge is 0.496 e. The van der Waals surface area contributed by atoms with Gasteiger partial charge in [0.1, 0.15) is 25.1 Å². The number of pyridine rings is 1. The third-order valence-electron chi connectivity index (χ3n) is 5.69. The molecule has 1 N–H and O–H groups in total. The minimum absolute atomic E-state index is 0.0282. The predicted octanol–water partition coefficient (Wildman–Crippen LogP) is 4.44. The lowest BCUT2D eigenvalue weighted by atomic mass is 10.0. The van der Waals surface area contributed by atoms with Gasteiger partial charge in [0, 0.05) is 23.3 Å². The second-order valence-electron chi connectivity index (χ2n) is 8.71. The molecule has 10 nitrogen and oxygen atoms in total. The first kappa shape index (κ1) is 26.4. The molecule has 37 heavy (non-hydrogen) atoms. The van der Waals surface area contributed by atoms with Crippen molar-refractivity contribution in [2.45, 2.75) is 45.7 Å². The Morgan fingerprint density at radius 2 is 1.78 bits per heavy atom. The molecule has 0 radical (unpaired) electrons. The lowest BCUT2D eigenvalue weighted by Crippen LogP contribution is -2.25. The van der Waals surface area contributed by atoms with Crippen LogP contribution in [0.25, 0.3) is 0 Å². The van der Waals surface area contributed by atoms with Gasteiger partial charge in [-0.2, -0.15) is 0 Å². The number of benzene rings is 1. The number of halogens is 1. The quantitative estimate of drug-likeness (QED) is 0.395. The predicted molar refractivity (Wildman–Crippen MR) is 133 cm³/mol. The van der Waals surface area contributed by atoms with E-state index >= 15 is 0 Å². The first-order valence-electron chi connectivity index (χ1n) is 11.9. The van der Waals surface area contributed by atoms with Crippen molar-refractivity contribution in [3.63, 3.8) is 0 Å². The zero-order chi connectivity index (χ0) is 26.4. The van der Waals surface area contributed by atoms with E-state index in [0.717, 1.165) is 0 Å². The fourth-order valence-electron chi connectivity index (χ4n) is 3.87.